The summed E-state index contributed by atoms with van der Waals surface area (Å²) in [5, 5.41) is 4.09. The fraction of sp³-hybridized carbons (Fsp3) is 0.833. The molecular weight excluding hydrogens is 116 g/mol. The van der Waals surface area contributed by atoms with Crippen LogP contribution in [-0.4, -0.2) is 18.0 Å². The molecule has 1 unspecified atom stereocenters. The van der Waals surface area contributed by atoms with Crippen molar-refractivity contribution in [2.75, 3.05) is 6.54 Å². The van der Waals surface area contributed by atoms with E-state index in [4.69, 9.17) is 5.73 Å². The number of rotatable bonds is 1. The summed E-state index contributed by atoms with van der Waals surface area (Å²) < 4.78 is 0. The van der Waals surface area contributed by atoms with Crippen LogP contribution in [0.1, 0.15) is 19.8 Å². The molecule has 0 aromatic carbocycles. The third kappa shape index (κ3) is 1.05. The zero-order valence-electron chi connectivity index (χ0n) is 5.55. The molecule has 0 bridgehead atoms. The lowest BCUT2D eigenvalue weighted by Gasteiger charge is -2.16. The maximum absolute atomic E-state index is 10.7. The molecular formula is C6H11N2O. The first-order valence-electron chi connectivity index (χ1n) is 3.14. The number of hydrogen-bond acceptors (Lipinski definition) is 1. The zero-order chi connectivity index (χ0) is 6.91. The van der Waals surface area contributed by atoms with Gasteiger partial charge < -0.3 is 5.73 Å². The summed E-state index contributed by atoms with van der Waals surface area (Å²) in [4.78, 5) is 10.7. The minimum absolute atomic E-state index is 0.292. The lowest BCUT2D eigenvalue weighted by molar-refractivity contribution is -0.123. The normalized spacial score (nSPS) is 34.8. The smallest absolute Gasteiger partial charge is 0.239 e. The maximum Gasteiger partial charge on any atom is 0.239 e. The molecule has 0 saturated carbocycles. The van der Waals surface area contributed by atoms with Crippen LogP contribution < -0.4 is 11.1 Å². The number of nitrogens with zero attached hydrogens (tertiary/aromatic N) is 1. The summed E-state index contributed by atoms with van der Waals surface area (Å²) >= 11 is 0. The van der Waals surface area contributed by atoms with Gasteiger partial charge in [-0.3, -0.25) is 4.79 Å². The van der Waals surface area contributed by atoms with Crippen molar-refractivity contribution in [3.63, 3.8) is 0 Å². The second-order valence-corrected chi connectivity index (χ2v) is 2.62. The van der Waals surface area contributed by atoms with Gasteiger partial charge in [-0.1, -0.05) is 0 Å². The van der Waals surface area contributed by atoms with E-state index >= 15 is 0 Å². The van der Waals surface area contributed by atoms with Gasteiger partial charge >= 0.3 is 0 Å². The van der Waals surface area contributed by atoms with Gasteiger partial charge in [0.1, 0.15) is 5.54 Å². The van der Waals surface area contributed by atoms with Gasteiger partial charge in [0, 0.05) is 6.54 Å². The Labute approximate surface area is 54.6 Å². The van der Waals surface area contributed by atoms with E-state index in [1.54, 1.807) is 6.92 Å². The molecule has 51 valence electrons. The highest BCUT2D eigenvalue weighted by Crippen LogP contribution is 2.18. The fourth-order valence-corrected chi connectivity index (χ4v) is 1.03. The van der Waals surface area contributed by atoms with Gasteiger partial charge in [-0.15, -0.1) is 0 Å². The quantitative estimate of drug-likeness (QED) is 0.513. The average Bonchev–Trinajstić information content (AvgIpc) is 2.16. The first-order chi connectivity index (χ1) is 4.15. The number of primary amides is 1. The Morgan fingerprint density at radius 2 is 2.44 bits per heavy atom. The largest absolute Gasteiger partial charge is 0.368 e. The second kappa shape index (κ2) is 1.99. The molecule has 9 heavy (non-hydrogen) atoms. The Kier molecular flexibility index (Phi) is 1.45. The molecule has 3 nitrogen and oxygen atoms in total. The molecule has 1 radical (unpaired) electrons. The predicted octanol–water partition coefficient (Wildman–Crippen LogP) is -0.371. The Morgan fingerprint density at radius 3 is 2.67 bits per heavy atom. The molecule has 0 aromatic rings. The Hall–Kier alpha value is -0.570. The topological polar surface area (TPSA) is 57.2 Å². The summed E-state index contributed by atoms with van der Waals surface area (Å²) in [5.41, 5.74) is 4.56. The third-order valence-corrected chi connectivity index (χ3v) is 1.81. The molecule has 0 aromatic heterocycles. The highest BCUT2D eigenvalue weighted by molar-refractivity contribution is 5.84. The van der Waals surface area contributed by atoms with Gasteiger partial charge in [-0.05, 0) is 19.8 Å². The second-order valence-electron chi connectivity index (χ2n) is 2.62. The van der Waals surface area contributed by atoms with Crippen molar-refractivity contribution in [3.05, 3.63) is 0 Å². The van der Waals surface area contributed by atoms with Crippen LogP contribution in [0, 0.1) is 0 Å². The molecule has 1 atom stereocenters. The van der Waals surface area contributed by atoms with Crippen molar-refractivity contribution in [1.82, 2.24) is 5.32 Å². The lowest BCUT2D eigenvalue weighted by atomic mass is 10.0. The van der Waals surface area contributed by atoms with E-state index in [-0.39, 0.29) is 5.91 Å². The molecule has 1 aliphatic heterocycles. The van der Waals surface area contributed by atoms with E-state index in [1.807, 2.05) is 0 Å². The zero-order valence-corrected chi connectivity index (χ0v) is 5.55. The number of carbonyl (C=O) groups is 1. The van der Waals surface area contributed by atoms with Crippen LogP contribution in [0.4, 0.5) is 0 Å². The maximum atomic E-state index is 10.7. The minimum atomic E-state index is -0.542. The van der Waals surface area contributed by atoms with Crippen molar-refractivity contribution in [1.29, 1.82) is 0 Å². The molecule has 1 heterocycles. The molecule has 1 rings (SSSR count). The molecule has 3 heteroatoms. The summed E-state index contributed by atoms with van der Waals surface area (Å²) in [6.07, 6.45) is 1.82. The standard InChI is InChI=1S/C6H11N2O/c1-6(5(7)9)3-2-4-8-6/h2-4H2,1H3,(H2,7,9). The third-order valence-electron chi connectivity index (χ3n) is 1.81. The SMILES string of the molecule is CC1(C(N)=O)CCC[N]1. The first kappa shape index (κ1) is 6.55. The van der Waals surface area contributed by atoms with Gasteiger partial charge in [0.25, 0.3) is 0 Å². The van der Waals surface area contributed by atoms with Gasteiger partial charge in [0.15, 0.2) is 0 Å². The molecule has 0 spiro atoms. The van der Waals surface area contributed by atoms with Gasteiger partial charge in [-0.2, -0.15) is 0 Å². The number of carbonyl (C=O) groups excluding carboxylic acids is 1. The van der Waals surface area contributed by atoms with Gasteiger partial charge in [0.05, 0.1) is 0 Å². The van der Waals surface area contributed by atoms with Crippen molar-refractivity contribution in [2.45, 2.75) is 25.3 Å². The number of hydrogen-bond donors (Lipinski definition) is 1. The molecule has 1 amide bonds. The van der Waals surface area contributed by atoms with E-state index in [9.17, 15) is 4.79 Å². The number of amides is 1. The monoisotopic (exact) mass is 127 g/mol. The van der Waals surface area contributed by atoms with E-state index in [2.05, 4.69) is 5.32 Å². The lowest BCUT2D eigenvalue weighted by Crippen LogP contribution is -2.44. The molecule has 2 N–H and O–H groups in total. The van der Waals surface area contributed by atoms with Crippen molar-refractivity contribution in [2.24, 2.45) is 5.73 Å². The highest BCUT2D eigenvalue weighted by Gasteiger charge is 2.35. The van der Waals surface area contributed by atoms with Crippen LogP contribution in [0.3, 0.4) is 0 Å². The van der Waals surface area contributed by atoms with Crippen LogP contribution in [0.25, 0.3) is 0 Å². The van der Waals surface area contributed by atoms with Crippen molar-refractivity contribution >= 4 is 5.91 Å². The fourth-order valence-electron chi connectivity index (χ4n) is 1.03. The van der Waals surface area contributed by atoms with E-state index in [0.717, 1.165) is 19.4 Å². The van der Waals surface area contributed by atoms with Crippen LogP contribution in [0.15, 0.2) is 0 Å². The summed E-state index contributed by atoms with van der Waals surface area (Å²) in [6, 6.07) is 0. The first-order valence-corrected chi connectivity index (χ1v) is 3.14. The van der Waals surface area contributed by atoms with Crippen molar-refractivity contribution in [3.8, 4) is 0 Å². The van der Waals surface area contributed by atoms with E-state index in [0.29, 0.717) is 0 Å². The Bertz CT molecular complexity index is 127. The summed E-state index contributed by atoms with van der Waals surface area (Å²) in [5.74, 6) is -0.292. The van der Waals surface area contributed by atoms with Crippen LogP contribution in [0.5, 0.6) is 0 Å². The van der Waals surface area contributed by atoms with Crippen molar-refractivity contribution < 1.29 is 4.79 Å². The average molecular weight is 127 g/mol. The Morgan fingerprint density at radius 1 is 1.78 bits per heavy atom. The molecule has 0 aliphatic carbocycles. The highest BCUT2D eigenvalue weighted by atomic mass is 16.1. The van der Waals surface area contributed by atoms with Gasteiger partial charge in [-0.25, -0.2) is 5.32 Å². The van der Waals surface area contributed by atoms with E-state index in [1.165, 1.54) is 0 Å². The number of nitrogens with two attached hydrogens (primary N) is 1. The predicted molar refractivity (Wildman–Crippen MR) is 33.8 cm³/mol. The molecule has 1 saturated heterocycles. The Balaban J connectivity index is 2.61. The van der Waals surface area contributed by atoms with E-state index < -0.39 is 5.54 Å². The molecule has 1 fully saturated rings. The van der Waals surface area contributed by atoms with Gasteiger partial charge in [0.2, 0.25) is 5.91 Å². The van der Waals surface area contributed by atoms with Crippen LogP contribution >= 0.6 is 0 Å². The summed E-state index contributed by atoms with van der Waals surface area (Å²) in [6.45, 7) is 2.59. The summed E-state index contributed by atoms with van der Waals surface area (Å²) in [7, 11) is 0. The minimum Gasteiger partial charge on any atom is -0.368 e. The van der Waals surface area contributed by atoms with Crippen LogP contribution in [0.2, 0.25) is 0 Å². The molecule has 1 aliphatic rings. The van der Waals surface area contributed by atoms with Crippen LogP contribution in [-0.2, 0) is 4.79 Å².